The Bertz CT molecular complexity index is 1020. The fraction of sp³-hybridized carbons (Fsp3) is 0.300. The summed E-state index contributed by atoms with van der Waals surface area (Å²) in [5.41, 5.74) is 8.59. The van der Waals surface area contributed by atoms with E-state index in [1.807, 2.05) is 13.8 Å². The van der Waals surface area contributed by atoms with Gasteiger partial charge in [-0.15, -0.1) is 0 Å². The third-order valence-corrected chi connectivity index (χ3v) is 4.71. The van der Waals surface area contributed by atoms with Crippen molar-refractivity contribution in [3.05, 3.63) is 47.5 Å². The topological polar surface area (TPSA) is 115 Å². The number of hydrogen-bond acceptors (Lipinski definition) is 6. The van der Waals surface area contributed by atoms with E-state index in [4.69, 9.17) is 10.5 Å². The Balaban J connectivity index is 1.95. The van der Waals surface area contributed by atoms with E-state index in [0.717, 1.165) is 6.42 Å². The number of carboxylic acids is 1. The number of carboxylic acid groups (broad SMARTS) is 1. The Morgan fingerprint density at radius 1 is 1.11 bits per heavy atom. The van der Waals surface area contributed by atoms with Crippen LogP contribution in [0.25, 0.3) is 22.1 Å². The van der Waals surface area contributed by atoms with Gasteiger partial charge in [-0.25, -0.2) is 14.8 Å². The second-order valence-electron chi connectivity index (χ2n) is 6.51. The van der Waals surface area contributed by atoms with Crippen LogP contribution in [0.2, 0.25) is 0 Å². The van der Waals surface area contributed by atoms with E-state index in [2.05, 4.69) is 9.97 Å². The van der Waals surface area contributed by atoms with Gasteiger partial charge in [-0.2, -0.15) is 0 Å². The van der Waals surface area contributed by atoms with Gasteiger partial charge in [-0.3, -0.25) is 4.79 Å². The minimum atomic E-state index is -1.06. The van der Waals surface area contributed by atoms with Crippen molar-refractivity contribution in [3.8, 4) is 0 Å². The van der Waals surface area contributed by atoms with Crippen molar-refractivity contribution in [2.24, 2.45) is 11.7 Å². The Morgan fingerprint density at radius 2 is 1.74 bits per heavy atom. The number of ether oxygens (including phenoxy) is 1. The molecule has 2 atom stereocenters. The number of aromatic nitrogens is 2. The number of para-hydroxylation sites is 2. The van der Waals surface area contributed by atoms with Gasteiger partial charge in [-0.1, -0.05) is 38.5 Å². The molecule has 0 aliphatic rings. The molecule has 0 spiro atoms. The van der Waals surface area contributed by atoms with Gasteiger partial charge in [0.2, 0.25) is 0 Å². The van der Waals surface area contributed by atoms with Crippen LogP contribution >= 0.6 is 0 Å². The van der Waals surface area contributed by atoms with E-state index in [1.54, 1.807) is 30.3 Å². The van der Waals surface area contributed by atoms with Gasteiger partial charge in [0.1, 0.15) is 18.2 Å². The Morgan fingerprint density at radius 3 is 2.41 bits per heavy atom. The third-order valence-electron chi connectivity index (χ3n) is 4.71. The molecule has 1 heterocycles. The molecule has 0 amide bonds. The highest BCUT2D eigenvalue weighted by Crippen LogP contribution is 2.22. The molecular weight excluding hydrogens is 346 g/mol. The summed E-state index contributed by atoms with van der Waals surface area (Å²) in [6, 6.07) is 9.46. The highest BCUT2D eigenvalue weighted by atomic mass is 16.5. The molecule has 3 rings (SSSR count). The van der Waals surface area contributed by atoms with E-state index >= 15 is 0 Å². The first-order valence-electron chi connectivity index (χ1n) is 8.76. The number of rotatable bonds is 6. The molecule has 140 valence electrons. The molecular formula is C20H21N3O4. The van der Waals surface area contributed by atoms with Gasteiger partial charge in [0.25, 0.3) is 0 Å². The summed E-state index contributed by atoms with van der Waals surface area (Å²) >= 11 is 0. The fourth-order valence-corrected chi connectivity index (χ4v) is 2.80. The second-order valence-corrected chi connectivity index (χ2v) is 6.51. The highest BCUT2D eigenvalue weighted by molar-refractivity contribution is 6.02. The molecule has 0 bridgehead atoms. The van der Waals surface area contributed by atoms with Gasteiger partial charge < -0.3 is 15.6 Å². The summed E-state index contributed by atoms with van der Waals surface area (Å²) in [5, 5.41) is 9.33. The molecule has 7 nitrogen and oxygen atoms in total. The minimum absolute atomic E-state index is 0.0269. The number of hydrogen-bond donors (Lipinski definition) is 2. The largest absolute Gasteiger partial charge is 0.478 e. The van der Waals surface area contributed by atoms with Crippen LogP contribution in [0.15, 0.2) is 36.4 Å². The number of carbonyl (C=O) groups is 2. The smallest absolute Gasteiger partial charge is 0.337 e. The zero-order valence-corrected chi connectivity index (χ0v) is 15.2. The van der Waals surface area contributed by atoms with E-state index in [0.29, 0.717) is 27.6 Å². The molecule has 3 aromatic rings. The van der Waals surface area contributed by atoms with E-state index < -0.39 is 18.0 Å². The summed E-state index contributed by atoms with van der Waals surface area (Å²) < 4.78 is 5.37. The molecule has 1 aromatic heterocycles. The lowest BCUT2D eigenvalue weighted by atomic mass is 10.0. The lowest BCUT2D eigenvalue weighted by Gasteiger charge is -2.17. The molecule has 3 N–H and O–H groups in total. The predicted octanol–water partition coefficient (Wildman–Crippen LogP) is 2.90. The van der Waals surface area contributed by atoms with Crippen molar-refractivity contribution in [3.63, 3.8) is 0 Å². The number of esters is 1. The van der Waals surface area contributed by atoms with Crippen molar-refractivity contribution < 1.29 is 19.4 Å². The summed E-state index contributed by atoms with van der Waals surface area (Å²) in [6.07, 6.45) is 0.786. The molecule has 0 aliphatic heterocycles. The average molecular weight is 367 g/mol. The summed E-state index contributed by atoms with van der Waals surface area (Å²) in [7, 11) is 0. The van der Waals surface area contributed by atoms with Crippen molar-refractivity contribution >= 4 is 34.0 Å². The molecule has 27 heavy (non-hydrogen) atoms. The van der Waals surface area contributed by atoms with Crippen molar-refractivity contribution in [1.82, 2.24) is 9.97 Å². The van der Waals surface area contributed by atoms with Crippen LogP contribution in [0, 0.1) is 5.92 Å². The lowest BCUT2D eigenvalue weighted by Crippen LogP contribution is -2.37. The Hall–Kier alpha value is -3.06. The first-order chi connectivity index (χ1) is 12.9. The average Bonchev–Trinajstić information content (AvgIpc) is 2.68. The number of nitrogens with zero attached hydrogens (tertiary/aromatic N) is 2. The van der Waals surface area contributed by atoms with Crippen LogP contribution in [-0.2, 0) is 16.1 Å². The molecule has 0 radical (unpaired) electrons. The van der Waals surface area contributed by atoms with E-state index in [9.17, 15) is 14.7 Å². The molecule has 7 heteroatoms. The summed E-state index contributed by atoms with van der Waals surface area (Å²) in [4.78, 5) is 32.5. The lowest BCUT2D eigenvalue weighted by molar-refractivity contribution is -0.147. The van der Waals surface area contributed by atoms with Gasteiger partial charge in [0, 0.05) is 5.56 Å². The molecule has 0 fully saturated rings. The molecule has 0 aliphatic carbocycles. The maximum absolute atomic E-state index is 12.1. The highest BCUT2D eigenvalue weighted by Gasteiger charge is 2.21. The minimum Gasteiger partial charge on any atom is -0.478 e. The zero-order chi connectivity index (χ0) is 19.6. The van der Waals surface area contributed by atoms with Crippen LogP contribution in [0.5, 0.6) is 0 Å². The quantitative estimate of drug-likeness (QED) is 0.508. The normalized spacial score (nSPS) is 13.4. The Kier molecular flexibility index (Phi) is 5.32. The first kappa shape index (κ1) is 18.7. The summed E-state index contributed by atoms with van der Waals surface area (Å²) in [6.45, 7) is 3.90. The van der Waals surface area contributed by atoms with Crippen LogP contribution in [0.1, 0.15) is 36.2 Å². The third kappa shape index (κ3) is 3.73. The molecule has 0 saturated heterocycles. The van der Waals surface area contributed by atoms with Crippen molar-refractivity contribution in [2.45, 2.75) is 32.9 Å². The Labute approximate surface area is 156 Å². The monoisotopic (exact) mass is 367 g/mol. The van der Waals surface area contributed by atoms with Crippen molar-refractivity contribution in [1.29, 1.82) is 0 Å². The van der Waals surface area contributed by atoms with Crippen LogP contribution in [0.4, 0.5) is 0 Å². The second kappa shape index (κ2) is 7.67. The van der Waals surface area contributed by atoms with Gasteiger partial charge in [0.05, 0.1) is 22.1 Å². The van der Waals surface area contributed by atoms with Gasteiger partial charge in [0.15, 0.2) is 0 Å². The number of nitrogens with two attached hydrogens (primary N) is 1. The standard InChI is InChI=1S/C20H21N3O4/c1-3-11(2)16(21)20(26)27-10-12-6-4-8-14-17(12)22-15-9-5-7-13(19(24)25)18(15)23-14/h4-9,11,16H,3,10,21H2,1-2H3,(H,24,25)/t11-,16-/m0/s1. The summed E-state index contributed by atoms with van der Waals surface area (Å²) in [5.74, 6) is -1.48. The number of fused-ring (bicyclic) bond motifs is 2. The van der Waals surface area contributed by atoms with Gasteiger partial charge >= 0.3 is 11.9 Å². The SMILES string of the molecule is CC[C@H](C)[C@H](N)C(=O)OCc1cccc2nc3c(C(=O)O)cccc3nc12. The zero-order valence-electron chi connectivity index (χ0n) is 15.2. The van der Waals surface area contributed by atoms with Crippen molar-refractivity contribution in [2.75, 3.05) is 0 Å². The predicted molar refractivity (Wildman–Crippen MR) is 101 cm³/mol. The maximum atomic E-state index is 12.1. The molecule has 2 aromatic carbocycles. The van der Waals surface area contributed by atoms with Gasteiger partial charge in [-0.05, 0) is 24.1 Å². The number of aromatic carboxylic acids is 1. The number of carbonyl (C=O) groups excluding carboxylic acids is 1. The van der Waals surface area contributed by atoms with Crippen LogP contribution in [-0.4, -0.2) is 33.1 Å². The molecule has 0 unspecified atom stereocenters. The van der Waals surface area contributed by atoms with E-state index in [-0.39, 0.29) is 18.1 Å². The molecule has 0 saturated carbocycles. The van der Waals surface area contributed by atoms with Crippen LogP contribution < -0.4 is 5.73 Å². The fourth-order valence-electron chi connectivity index (χ4n) is 2.80. The maximum Gasteiger partial charge on any atom is 0.337 e. The van der Waals surface area contributed by atoms with E-state index in [1.165, 1.54) is 6.07 Å². The first-order valence-corrected chi connectivity index (χ1v) is 8.76. The number of benzene rings is 2. The van der Waals surface area contributed by atoms with Crippen LogP contribution in [0.3, 0.4) is 0 Å².